The Kier molecular flexibility index (Phi) is 6.48. The SMILES string of the molecule is Nc1sc(C(CCCCc2cccs2)N=S(=O)=O)nc1-c1ccccn1. The second-order valence-corrected chi connectivity index (χ2v) is 8.38. The summed E-state index contributed by atoms with van der Waals surface area (Å²) in [7, 11) is -2.49. The molecular formula is C17H18N4O2S3. The van der Waals surface area contributed by atoms with Crippen LogP contribution in [0, 0.1) is 0 Å². The van der Waals surface area contributed by atoms with Gasteiger partial charge in [-0.15, -0.1) is 11.3 Å². The zero-order valence-electron chi connectivity index (χ0n) is 13.9. The fraction of sp³-hybridized carbons (Fsp3) is 0.294. The summed E-state index contributed by atoms with van der Waals surface area (Å²) in [5, 5.41) is 3.20. The number of anilines is 1. The first-order chi connectivity index (χ1) is 12.6. The maximum absolute atomic E-state index is 11.1. The van der Waals surface area contributed by atoms with Gasteiger partial charge in [-0.05, 0) is 42.8 Å². The average molecular weight is 407 g/mol. The van der Waals surface area contributed by atoms with Crippen molar-refractivity contribution in [2.45, 2.75) is 31.7 Å². The van der Waals surface area contributed by atoms with Crippen molar-refractivity contribution in [3.8, 4) is 11.4 Å². The van der Waals surface area contributed by atoms with E-state index >= 15 is 0 Å². The number of unbranched alkanes of at least 4 members (excludes halogenated alkanes) is 1. The highest BCUT2D eigenvalue weighted by Gasteiger charge is 2.19. The predicted octanol–water partition coefficient (Wildman–Crippen LogP) is 4.37. The van der Waals surface area contributed by atoms with Crippen molar-refractivity contribution in [3.63, 3.8) is 0 Å². The van der Waals surface area contributed by atoms with Crippen LogP contribution < -0.4 is 5.73 Å². The topological polar surface area (TPSA) is 98.3 Å². The predicted molar refractivity (Wildman–Crippen MR) is 106 cm³/mol. The number of hydrogen-bond acceptors (Lipinski definition) is 8. The number of nitrogen functional groups attached to an aromatic ring is 1. The Morgan fingerprint density at radius 2 is 2.08 bits per heavy atom. The van der Waals surface area contributed by atoms with E-state index in [1.54, 1.807) is 17.5 Å². The highest BCUT2D eigenvalue weighted by Crippen LogP contribution is 2.35. The third-order valence-electron chi connectivity index (χ3n) is 3.81. The van der Waals surface area contributed by atoms with Crippen LogP contribution in [0.3, 0.4) is 0 Å². The van der Waals surface area contributed by atoms with Crippen LogP contribution in [0.15, 0.2) is 46.3 Å². The minimum atomic E-state index is -2.49. The summed E-state index contributed by atoms with van der Waals surface area (Å²) >= 11 is 3.01. The molecule has 2 N–H and O–H groups in total. The molecule has 0 aromatic carbocycles. The van der Waals surface area contributed by atoms with Gasteiger partial charge in [-0.25, -0.2) is 4.98 Å². The smallest absolute Gasteiger partial charge is 0.311 e. The number of aromatic nitrogens is 2. The Hall–Kier alpha value is -2.10. The van der Waals surface area contributed by atoms with Gasteiger partial charge in [0.1, 0.15) is 21.7 Å². The zero-order valence-corrected chi connectivity index (χ0v) is 16.4. The van der Waals surface area contributed by atoms with Gasteiger partial charge in [0.15, 0.2) is 0 Å². The lowest BCUT2D eigenvalue weighted by atomic mass is 10.1. The molecule has 3 heterocycles. The molecule has 1 unspecified atom stereocenters. The summed E-state index contributed by atoms with van der Waals surface area (Å²) in [6, 6.07) is 9.16. The quantitative estimate of drug-likeness (QED) is 0.560. The first-order valence-corrected chi connectivity index (χ1v) is 10.9. The Morgan fingerprint density at radius 1 is 1.19 bits per heavy atom. The molecule has 9 heteroatoms. The van der Waals surface area contributed by atoms with Crippen molar-refractivity contribution in [1.82, 2.24) is 9.97 Å². The fourth-order valence-electron chi connectivity index (χ4n) is 2.59. The summed E-state index contributed by atoms with van der Waals surface area (Å²) in [6.07, 6.45) is 5.12. The molecule has 0 aliphatic rings. The normalized spacial score (nSPS) is 12.0. The number of thiazole rings is 1. The minimum absolute atomic E-state index is 0.499. The first kappa shape index (κ1) is 18.7. The maximum Gasteiger partial charge on any atom is 0.311 e. The Balaban J connectivity index is 1.72. The van der Waals surface area contributed by atoms with Gasteiger partial charge in [0.25, 0.3) is 0 Å². The van der Waals surface area contributed by atoms with Gasteiger partial charge in [-0.3, -0.25) is 4.98 Å². The van der Waals surface area contributed by atoms with Crippen molar-refractivity contribution in [1.29, 1.82) is 0 Å². The third kappa shape index (κ3) is 4.96. The van der Waals surface area contributed by atoms with E-state index in [0.717, 1.165) is 19.3 Å². The van der Waals surface area contributed by atoms with E-state index in [2.05, 4.69) is 25.8 Å². The van der Waals surface area contributed by atoms with Crippen molar-refractivity contribution >= 4 is 38.2 Å². The van der Waals surface area contributed by atoms with E-state index in [1.807, 2.05) is 24.3 Å². The summed E-state index contributed by atoms with van der Waals surface area (Å²) in [5.74, 6) is 0. The average Bonchev–Trinajstić information content (AvgIpc) is 3.27. The van der Waals surface area contributed by atoms with E-state index < -0.39 is 16.5 Å². The molecule has 0 fully saturated rings. The standard InChI is InChI=1S/C17H18N4O2S3/c18-16-15(13-8-3-4-10-19-13)20-17(25-16)14(21-26(22)23)9-2-1-6-12-7-5-11-24-12/h3-5,7-8,10-11,14H,1-2,6,9,18H2. The van der Waals surface area contributed by atoms with E-state index in [4.69, 9.17) is 5.73 Å². The van der Waals surface area contributed by atoms with Crippen LogP contribution >= 0.6 is 22.7 Å². The molecule has 0 aliphatic heterocycles. The second kappa shape index (κ2) is 9.02. The van der Waals surface area contributed by atoms with Gasteiger partial charge in [0.05, 0.1) is 5.69 Å². The Bertz CT molecular complexity index is 959. The van der Waals surface area contributed by atoms with Crippen LogP contribution in [0.1, 0.15) is 35.2 Å². The number of rotatable bonds is 8. The van der Waals surface area contributed by atoms with Crippen LogP contribution in [-0.2, 0) is 16.9 Å². The van der Waals surface area contributed by atoms with Crippen LogP contribution in [0.4, 0.5) is 5.00 Å². The Labute approximate surface area is 161 Å². The van der Waals surface area contributed by atoms with Gasteiger partial charge in [-0.1, -0.05) is 29.9 Å². The number of nitrogens with zero attached hydrogens (tertiary/aromatic N) is 3. The number of hydrogen-bond donors (Lipinski definition) is 1. The lowest BCUT2D eigenvalue weighted by molar-refractivity contribution is 0.576. The van der Waals surface area contributed by atoms with Crippen LogP contribution in [-0.4, -0.2) is 18.4 Å². The van der Waals surface area contributed by atoms with E-state index in [1.165, 1.54) is 16.2 Å². The van der Waals surface area contributed by atoms with Crippen LogP contribution in [0.25, 0.3) is 11.4 Å². The van der Waals surface area contributed by atoms with Gasteiger partial charge in [0.2, 0.25) is 0 Å². The van der Waals surface area contributed by atoms with Gasteiger partial charge in [0, 0.05) is 11.1 Å². The zero-order chi connectivity index (χ0) is 18.4. The number of aryl methyl sites for hydroxylation is 1. The van der Waals surface area contributed by atoms with E-state index in [9.17, 15) is 8.42 Å². The number of nitrogens with two attached hydrogens (primary N) is 1. The summed E-state index contributed by atoms with van der Waals surface area (Å²) in [6.45, 7) is 0. The molecule has 0 amide bonds. The summed E-state index contributed by atoms with van der Waals surface area (Å²) in [4.78, 5) is 10.1. The van der Waals surface area contributed by atoms with Gasteiger partial charge < -0.3 is 5.73 Å². The minimum Gasteiger partial charge on any atom is -0.389 e. The lowest BCUT2D eigenvalue weighted by Gasteiger charge is -2.06. The molecule has 0 radical (unpaired) electrons. The van der Waals surface area contributed by atoms with Gasteiger partial charge >= 0.3 is 10.5 Å². The summed E-state index contributed by atoms with van der Waals surface area (Å²) < 4.78 is 26.1. The first-order valence-electron chi connectivity index (χ1n) is 8.13. The molecule has 0 saturated carbocycles. The lowest BCUT2D eigenvalue weighted by Crippen LogP contribution is -1.96. The van der Waals surface area contributed by atoms with Gasteiger partial charge in [-0.2, -0.15) is 12.8 Å². The molecule has 1 atom stereocenters. The number of pyridine rings is 1. The maximum atomic E-state index is 11.1. The number of thiophene rings is 1. The summed E-state index contributed by atoms with van der Waals surface area (Å²) in [5.41, 5.74) is 7.34. The highest BCUT2D eigenvalue weighted by atomic mass is 32.2. The second-order valence-electron chi connectivity index (χ2n) is 5.64. The van der Waals surface area contributed by atoms with Crippen molar-refractivity contribution in [3.05, 3.63) is 51.8 Å². The largest absolute Gasteiger partial charge is 0.389 e. The van der Waals surface area contributed by atoms with Crippen molar-refractivity contribution < 1.29 is 8.42 Å². The molecular weight excluding hydrogens is 388 g/mol. The molecule has 3 aromatic rings. The van der Waals surface area contributed by atoms with E-state index in [-0.39, 0.29) is 0 Å². The van der Waals surface area contributed by atoms with Crippen LogP contribution in [0.5, 0.6) is 0 Å². The molecule has 3 aromatic heterocycles. The molecule has 3 rings (SSSR count). The highest BCUT2D eigenvalue weighted by molar-refractivity contribution is 7.61. The van der Waals surface area contributed by atoms with Crippen molar-refractivity contribution in [2.75, 3.05) is 5.73 Å². The molecule has 0 saturated heterocycles. The van der Waals surface area contributed by atoms with Crippen LogP contribution in [0.2, 0.25) is 0 Å². The molecule has 26 heavy (non-hydrogen) atoms. The molecule has 0 aliphatic carbocycles. The third-order valence-corrected chi connectivity index (χ3v) is 6.16. The van der Waals surface area contributed by atoms with Crippen molar-refractivity contribution in [2.24, 2.45) is 4.36 Å². The molecule has 0 spiro atoms. The monoisotopic (exact) mass is 406 g/mol. The molecule has 6 nitrogen and oxygen atoms in total. The molecule has 0 bridgehead atoms. The molecule has 136 valence electrons. The Morgan fingerprint density at radius 3 is 2.77 bits per heavy atom. The fourth-order valence-corrected chi connectivity index (χ4v) is 4.74. The van der Waals surface area contributed by atoms with E-state index in [0.29, 0.717) is 27.8 Å².